The Kier molecular flexibility index (Phi) is 7.62. The normalized spacial score (nSPS) is 37.1. The molecule has 0 saturated carbocycles. The summed E-state index contributed by atoms with van der Waals surface area (Å²) in [5.41, 5.74) is 0. The predicted octanol–water partition coefficient (Wildman–Crippen LogP) is 2.88. The van der Waals surface area contributed by atoms with Crippen molar-refractivity contribution in [1.82, 2.24) is 9.76 Å². The maximum absolute atomic E-state index is 12.9. The first-order valence-electron chi connectivity index (χ1n) is 6.48. The van der Waals surface area contributed by atoms with E-state index in [-0.39, 0.29) is 18.2 Å². The zero-order chi connectivity index (χ0) is 14.5. The monoisotopic (exact) mass is 332 g/mol. The molecule has 0 aromatic carbocycles. The van der Waals surface area contributed by atoms with E-state index in [4.69, 9.17) is 32.5 Å². The van der Waals surface area contributed by atoms with Crippen molar-refractivity contribution in [2.45, 2.75) is 33.1 Å². The van der Waals surface area contributed by atoms with E-state index < -0.39 is 7.67 Å². The van der Waals surface area contributed by atoms with Gasteiger partial charge in [0.25, 0.3) is 0 Å². The van der Waals surface area contributed by atoms with Gasteiger partial charge < -0.3 is 9.26 Å². The molecule has 8 heteroatoms. The van der Waals surface area contributed by atoms with Gasteiger partial charge in [0.1, 0.15) is 6.23 Å². The summed E-state index contributed by atoms with van der Waals surface area (Å²) < 4.78 is 26.0. The second-order valence-electron chi connectivity index (χ2n) is 4.74. The smallest absolute Gasteiger partial charge is 0.345 e. The summed E-state index contributed by atoms with van der Waals surface area (Å²) in [6.07, 6.45) is -0.303. The van der Waals surface area contributed by atoms with Crippen LogP contribution >= 0.6 is 30.9 Å². The number of nitrogens with zero attached hydrogens (tertiary/aromatic N) is 1. The highest BCUT2D eigenvalue weighted by Gasteiger charge is 2.36. The lowest BCUT2D eigenvalue weighted by atomic mass is 10.1. The molecule has 114 valence electrons. The Morgan fingerprint density at radius 2 is 1.84 bits per heavy atom. The minimum absolute atomic E-state index is 0.0470. The van der Waals surface area contributed by atoms with Gasteiger partial charge in [-0.25, -0.2) is 9.76 Å². The Hall–Kier alpha value is 0.650. The molecule has 0 aliphatic carbocycles. The minimum Gasteiger partial charge on any atom is -0.360 e. The Labute approximate surface area is 125 Å². The van der Waals surface area contributed by atoms with Crippen molar-refractivity contribution in [3.8, 4) is 0 Å². The lowest BCUT2D eigenvalue weighted by Gasteiger charge is -2.37. The first-order chi connectivity index (χ1) is 8.92. The molecule has 5 nitrogen and oxygen atoms in total. The standard InChI is InChI=1S/C11H23Cl2N2O3P/c1-9-8-17-19(16,14-11(3)18-10(9)2)15(6-4-12)7-5-13/h9-11H,4-8H2,1-3H3,(H,14,16). The SMILES string of the molecule is CC1NP(=O)(N(CCCl)CCCl)OCC(C)C(C)O1. The second-order valence-corrected chi connectivity index (χ2v) is 7.62. The van der Waals surface area contributed by atoms with Crippen molar-refractivity contribution < 1.29 is 13.8 Å². The van der Waals surface area contributed by atoms with Gasteiger partial charge in [0.15, 0.2) is 0 Å². The molecule has 19 heavy (non-hydrogen) atoms. The molecular weight excluding hydrogens is 310 g/mol. The number of hydrogen-bond donors (Lipinski definition) is 1. The number of hydrogen-bond acceptors (Lipinski definition) is 3. The van der Waals surface area contributed by atoms with Crippen LogP contribution in [-0.4, -0.2) is 48.5 Å². The molecule has 1 aliphatic heterocycles. The van der Waals surface area contributed by atoms with E-state index in [1.807, 2.05) is 20.8 Å². The molecule has 4 atom stereocenters. The average Bonchev–Trinajstić information content (AvgIpc) is 2.34. The lowest BCUT2D eigenvalue weighted by Crippen LogP contribution is -2.42. The fourth-order valence-electron chi connectivity index (χ4n) is 1.84. The molecular formula is C11H23Cl2N2O3P. The Balaban J connectivity index is 2.84. The molecule has 0 aromatic rings. The van der Waals surface area contributed by atoms with Crippen LogP contribution < -0.4 is 5.09 Å². The van der Waals surface area contributed by atoms with Crippen LogP contribution in [0.5, 0.6) is 0 Å². The molecule has 1 rings (SSSR count). The quantitative estimate of drug-likeness (QED) is 0.619. The van der Waals surface area contributed by atoms with Crippen LogP contribution in [0.3, 0.4) is 0 Å². The topological polar surface area (TPSA) is 50.8 Å². The summed E-state index contributed by atoms with van der Waals surface area (Å²) in [6.45, 7) is 7.10. The van der Waals surface area contributed by atoms with Gasteiger partial charge in [-0.2, -0.15) is 0 Å². The van der Waals surface area contributed by atoms with Crippen LogP contribution in [0, 0.1) is 5.92 Å². The Morgan fingerprint density at radius 1 is 1.26 bits per heavy atom. The van der Waals surface area contributed by atoms with E-state index in [0.717, 1.165) is 0 Å². The van der Waals surface area contributed by atoms with Crippen LogP contribution in [0.4, 0.5) is 0 Å². The van der Waals surface area contributed by atoms with E-state index in [2.05, 4.69) is 5.09 Å². The molecule has 1 fully saturated rings. The van der Waals surface area contributed by atoms with E-state index in [1.165, 1.54) is 0 Å². The zero-order valence-electron chi connectivity index (χ0n) is 11.6. The maximum Gasteiger partial charge on any atom is 0.345 e. The first kappa shape index (κ1) is 17.7. The van der Waals surface area contributed by atoms with Crippen molar-refractivity contribution in [3.05, 3.63) is 0 Å². The highest BCUT2D eigenvalue weighted by molar-refractivity contribution is 7.54. The van der Waals surface area contributed by atoms with Gasteiger partial charge in [0.05, 0.1) is 12.7 Å². The lowest BCUT2D eigenvalue weighted by molar-refractivity contribution is -0.0481. The van der Waals surface area contributed by atoms with E-state index in [1.54, 1.807) is 4.67 Å². The molecule has 0 bridgehead atoms. The van der Waals surface area contributed by atoms with Crippen LogP contribution in [0.2, 0.25) is 0 Å². The number of alkyl halides is 2. The number of nitrogens with one attached hydrogen (secondary N) is 1. The molecule has 1 aliphatic rings. The summed E-state index contributed by atoms with van der Waals surface area (Å²) in [5, 5.41) is 2.94. The van der Waals surface area contributed by atoms with Gasteiger partial charge in [-0.15, -0.1) is 23.2 Å². The number of halogens is 2. The molecule has 1 heterocycles. The van der Waals surface area contributed by atoms with Crippen molar-refractivity contribution in [2.24, 2.45) is 5.92 Å². The van der Waals surface area contributed by atoms with E-state index in [0.29, 0.717) is 31.5 Å². The van der Waals surface area contributed by atoms with Gasteiger partial charge in [-0.3, -0.25) is 4.57 Å². The fourth-order valence-corrected chi connectivity index (χ4v) is 4.57. The third kappa shape index (κ3) is 5.16. The van der Waals surface area contributed by atoms with Crippen LogP contribution in [0.1, 0.15) is 20.8 Å². The third-order valence-electron chi connectivity index (χ3n) is 3.14. The molecule has 0 amide bonds. The van der Waals surface area contributed by atoms with Crippen molar-refractivity contribution in [3.63, 3.8) is 0 Å². The minimum atomic E-state index is -3.16. The van der Waals surface area contributed by atoms with E-state index in [9.17, 15) is 4.57 Å². The van der Waals surface area contributed by atoms with Gasteiger partial charge in [-0.05, 0) is 13.8 Å². The second kappa shape index (κ2) is 8.18. The van der Waals surface area contributed by atoms with Crippen molar-refractivity contribution in [1.29, 1.82) is 0 Å². The molecule has 0 spiro atoms. The average molecular weight is 333 g/mol. The van der Waals surface area contributed by atoms with Crippen LogP contribution in [-0.2, 0) is 13.8 Å². The summed E-state index contributed by atoms with van der Waals surface area (Å²) >= 11 is 11.5. The molecule has 1 N–H and O–H groups in total. The highest BCUT2D eigenvalue weighted by Crippen LogP contribution is 2.48. The summed E-state index contributed by atoms with van der Waals surface area (Å²) in [7, 11) is -3.16. The van der Waals surface area contributed by atoms with Crippen LogP contribution in [0.25, 0.3) is 0 Å². The molecule has 0 radical (unpaired) electrons. The Bertz CT molecular complexity index is 316. The molecule has 1 saturated heterocycles. The molecule has 0 aromatic heterocycles. The van der Waals surface area contributed by atoms with Gasteiger partial charge >= 0.3 is 7.67 Å². The van der Waals surface area contributed by atoms with E-state index >= 15 is 0 Å². The van der Waals surface area contributed by atoms with Gasteiger partial charge in [-0.1, -0.05) is 6.92 Å². The van der Waals surface area contributed by atoms with Crippen molar-refractivity contribution in [2.75, 3.05) is 31.5 Å². The summed E-state index contributed by atoms with van der Waals surface area (Å²) in [4.78, 5) is 0. The largest absolute Gasteiger partial charge is 0.360 e. The van der Waals surface area contributed by atoms with Crippen LogP contribution in [0.15, 0.2) is 0 Å². The van der Waals surface area contributed by atoms with Gasteiger partial charge in [0.2, 0.25) is 0 Å². The highest BCUT2D eigenvalue weighted by atomic mass is 35.5. The summed E-state index contributed by atoms with van der Waals surface area (Å²) in [5.74, 6) is 0.909. The number of ether oxygens (including phenoxy) is 1. The van der Waals surface area contributed by atoms with Gasteiger partial charge in [0, 0.05) is 30.8 Å². The predicted molar refractivity (Wildman–Crippen MR) is 78.9 cm³/mol. The summed E-state index contributed by atoms with van der Waals surface area (Å²) in [6, 6.07) is 0. The fraction of sp³-hybridized carbons (Fsp3) is 1.00. The zero-order valence-corrected chi connectivity index (χ0v) is 14.0. The van der Waals surface area contributed by atoms with Crippen molar-refractivity contribution >= 4 is 30.9 Å². The maximum atomic E-state index is 12.9. The number of rotatable bonds is 5. The molecule has 4 unspecified atom stereocenters. The third-order valence-corrected chi connectivity index (χ3v) is 5.81. The first-order valence-corrected chi connectivity index (χ1v) is 9.12. The Morgan fingerprint density at radius 3 is 2.37 bits per heavy atom.